The van der Waals surface area contributed by atoms with Gasteiger partial charge in [0, 0.05) is 68.2 Å². The largest absolute Gasteiger partial charge is 0.391 e. The summed E-state index contributed by atoms with van der Waals surface area (Å²) in [6.07, 6.45) is 6.50. The van der Waals surface area contributed by atoms with Gasteiger partial charge in [0.2, 0.25) is 11.8 Å². The summed E-state index contributed by atoms with van der Waals surface area (Å²) in [6.45, 7) is 8.36. The number of H-pyrrole nitrogens is 1. The maximum Gasteiger partial charge on any atom is 0.253 e. The van der Waals surface area contributed by atoms with Crippen molar-refractivity contribution >= 4 is 23.6 Å². The number of halogens is 2. The van der Waals surface area contributed by atoms with Gasteiger partial charge in [-0.2, -0.15) is 0 Å². The van der Waals surface area contributed by atoms with Gasteiger partial charge < -0.3 is 30.5 Å². The third kappa shape index (κ3) is 12.2. The first-order valence-corrected chi connectivity index (χ1v) is 18.3. The number of imidazole rings is 1. The van der Waals surface area contributed by atoms with Gasteiger partial charge in [-0.25, -0.2) is 13.8 Å². The van der Waals surface area contributed by atoms with Crippen molar-refractivity contribution in [3.05, 3.63) is 88.5 Å². The van der Waals surface area contributed by atoms with Crippen molar-refractivity contribution in [2.45, 2.75) is 90.7 Å². The molecule has 1 aromatic heterocycles. The van der Waals surface area contributed by atoms with E-state index < -0.39 is 29.7 Å². The number of amides is 4. The molecule has 0 saturated carbocycles. The number of nitrogens with zero attached hydrogens (tertiary/aromatic N) is 3. The molecule has 2 aromatic carbocycles. The predicted octanol–water partition coefficient (Wildman–Crippen LogP) is 4.73. The van der Waals surface area contributed by atoms with E-state index in [0.717, 1.165) is 49.6 Å². The van der Waals surface area contributed by atoms with Crippen LogP contribution in [-0.4, -0.2) is 93.4 Å². The number of carbonyl (C=O) groups excluding carboxylic acids is 4. The van der Waals surface area contributed by atoms with Gasteiger partial charge in [-0.3, -0.25) is 19.2 Å². The fraction of sp³-hybridized carbons (Fsp3) is 0.513. The molecule has 0 spiro atoms. The normalized spacial score (nSPS) is 14.5. The lowest BCUT2D eigenvalue weighted by Crippen LogP contribution is -2.46. The van der Waals surface area contributed by atoms with E-state index in [9.17, 15) is 33.1 Å². The van der Waals surface area contributed by atoms with Crippen LogP contribution in [0.4, 0.5) is 8.78 Å². The summed E-state index contributed by atoms with van der Waals surface area (Å²) in [6, 6.07) is 6.99. The molecular weight excluding hydrogens is 670 g/mol. The number of likely N-dealkylation sites (tertiary alicyclic amines) is 1. The van der Waals surface area contributed by atoms with Crippen LogP contribution in [0.1, 0.15) is 96.3 Å². The molecule has 1 aliphatic rings. The Kier molecular flexibility index (Phi) is 15.3. The van der Waals surface area contributed by atoms with Gasteiger partial charge in [-0.15, -0.1) is 0 Å². The highest BCUT2D eigenvalue weighted by Gasteiger charge is 2.26. The topological polar surface area (TPSA) is 148 Å². The summed E-state index contributed by atoms with van der Waals surface area (Å²) in [5.74, 6) is -2.08. The van der Waals surface area contributed by atoms with Crippen LogP contribution < -0.4 is 10.6 Å². The van der Waals surface area contributed by atoms with Crippen LogP contribution in [0.15, 0.2) is 48.9 Å². The number of rotatable bonds is 18. The molecule has 1 aliphatic heterocycles. The molecule has 0 radical (unpaired) electrons. The molecule has 282 valence electrons. The lowest BCUT2D eigenvalue weighted by atomic mass is 9.92. The SMILES string of the molecule is CCCN(CCC)C(=O)c1cc(C)cc(C(=O)NC(Cc2cc(F)cc(F)c2)C(O)CCNC(=O)CCC2CCN(C(=O)Cc3cnc[nH]3)CC2)c1. The number of aryl methyl sites for hydroxylation is 1. The molecule has 13 heteroatoms. The van der Waals surface area contributed by atoms with Crippen molar-refractivity contribution < 1.29 is 33.1 Å². The number of nitrogens with one attached hydrogen (secondary N) is 3. The Balaban J connectivity index is 1.32. The lowest BCUT2D eigenvalue weighted by Gasteiger charge is -2.32. The highest BCUT2D eigenvalue weighted by atomic mass is 19.1. The Hall–Kier alpha value is -4.65. The van der Waals surface area contributed by atoms with Gasteiger partial charge in [-0.1, -0.05) is 13.8 Å². The number of aliphatic hydroxyl groups excluding tert-OH is 1. The second kappa shape index (κ2) is 19.8. The third-order valence-corrected chi connectivity index (χ3v) is 9.43. The van der Waals surface area contributed by atoms with Crippen LogP contribution in [0, 0.1) is 24.5 Å². The minimum Gasteiger partial charge on any atom is -0.391 e. The monoisotopic (exact) mass is 722 g/mol. The average Bonchev–Trinajstić information content (AvgIpc) is 3.62. The van der Waals surface area contributed by atoms with Crippen LogP contribution in [0.3, 0.4) is 0 Å². The summed E-state index contributed by atoms with van der Waals surface area (Å²) in [5, 5.41) is 16.9. The second-order valence-corrected chi connectivity index (χ2v) is 13.8. The molecule has 1 saturated heterocycles. The summed E-state index contributed by atoms with van der Waals surface area (Å²) < 4.78 is 28.1. The number of aromatic amines is 1. The quantitative estimate of drug-likeness (QED) is 0.149. The van der Waals surface area contributed by atoms with Crippen LogP contribution in [-0.2, 0) is 22.4 Å². The zero-order chi connectivity index (χ0) is 37.6. The second-order valence-electron chi connectivity index (χ2n) is 13.8. The zero-order valence-corrected chi connectivity index (χ0v) is 30.4. The van der Waals surface area contributed by atoms with Gasteiger partial charge in [-0.05, 0) is 99.2 Å². The number of aliphatic hydroxyl groups is 1. The lowest BCUT2D eigenvalue weighted by molar-refractivity contribution is -0.132. The standard InChI is InChI=1S/C39H52F2N6O5/c1-4-12-47(13-5-2)39(52)30-17-26(3)16-29(21-30)38(51)45-34(20-28-18-31(40)22-32(41)19-28)35(48)8-11-43-36(49)7-6-27-9-14-46(15-10-27)37(50)23-33-24-42-25-44-33/h16-19,21-22,24-25,27,34-35,48H,4-15,20,23H2,1-3H3,(H,42,44)(H,43,49)(H,45,51). The van der Waals surface area contributed by atoms with E-state index in [0.29, 0.717) is 56.1 Å². The maximum atomic E-state index is 14.1. The van der Waals surface area contributed by atoms with Crippen molar-refractivity contribution in [1.82, 2.24) is 30.4 Å². The highest BCUT2D eigenvalue weighted by molar-refractivity contribution is 6.00. The Morgan fingerprint density at radius 1 is 1.00 bits per heavy atom. The first kappa shape index (κ1) is 40.1. The molecule has 1 fully saturated rings. The van der Waals surface area contributed by atoms with E-state index in [1.165, 1.54) is 6.07 Å². The predicted molar refractivity (Wildman–Crippen MR) is 193 cm³/mol. The van der Waals surface area contributed by atoms with E-state index in [-0.39, 0.29) is 54.7 Å². The highest BCUT2D eigenvalue weighted by Crippen LogP contribution is 2.23. The smallest absolute Gasteiger partial charge is 0.253 e. The fourth-order valence-electron chi connectivity index (χ4n) is 6.70. The molecule has 2 unspecified atom stereocenters. The van der Waals surface area contributed by atoms with Gasteiger partial charge in [0.1, 0.15) is 11.6 Å². The molecule has 2 heterocycles. The first-order chi connectivity index (χ1) is 24.9. The van der Waals surface area contributed by atoms with Gasteiger partial charge in [0.15, 0.2) is 0 Å². The van der Waals surface area contributed by atoms with Crippen molar-refractivity contribution in [3.8, 4) is 0 Å². The number of piperidine rings is 1. The summed E-state index contributed by atoms with van der Waals surface area (Å²) >= 11 is 0. The fourth-order valence-corrected chi connectivity index (χ4v) is 6.70. The van der Waals surface area contributed by atoms with Crippen molar-refractivity contribution in [3.63, 3.8) is 0 Å². The van der Waals surface area contributed by atoms with E-state index in [4.69, 9.17) is 0 Å². The molecular formula is C39H52F2N6O5. The van der Waals surface area contributed by atoms with Crippen LogP contribution in [0.2, 0.25) is 0 Å². The molecule has 4 amide bonds. The molecule has 52 heavy (non-hydrogen) atoms. The molecule has 4 rings (SSSR count). The van der Waals surface area contributed by atoms with Crippen molar-refractivity contribution in [1.29, 1.82) is 0 Å². The Morgan fingerprint density at radius 3 is 2.31 bits per heavy atom. The Morgan fingerprint density at radius 2 is 1.67 bits per heavy atom. The minimum absolute atomic E-state index is 0.0518. The van der Waals surface area contributed by atoms with Gasteiger partial charge in [0.25, 0.3) is 11.8 Å². The molecule has 0 bridgehead atoms. The number of carbonyl (C=O) groups is 4. The van der Waals surface area contributed by atoms with Gasteiger partial charge in [0.05, 0.1) is 24.9 Å². The molecule has 3 aromatic rings. The zero-order valence-electron chi connectivity index (χ0n) is 30.4. The number of benzene rings is 2. The summed E-state index contributed by atoms with van der Waals surface area (Å²) in [7, 11) is 0. The van der Waals surface area contributed by atoms with E-state index >= 15 is 0 Å². The Labute approximate surface area is 304 Å². The third-order valence-electron chi connectivity index (χ3n) is 9.43. The van der Waals surface area contributed by atoms with E-state index in [2.05, 4.69) is 20.6 Å². The molecule has 4 N–H and O–H groups in total. The Bertz CT molecular complexity index is 1620. The van der Waals surface area contributed by atoms with Crippen LogP contribution >= 0.6 is 0 Å². The van der Waals surface area contributed by atoms with Gasteiger partial charge >= 0.3 is 0 Å². The van der Waals surface area contributed by atoms with E-state index in [1.807, 2.05) is 18.7 Å². The summed E-state index contributed by atoms with van der Waals surface area (Å²) in [5.41, 5.74) is 2.33. The molecule has 11 nitrogen and oxygen atoms in total. The van der Waals surface area contributed by atoms with Crippen molar-refractivity contribution in [2.24, 2.45) is 5.92 Å². The van der Waals surface area contributed by atoms with Crippen LogP contribution in [0.5, 0.6) is 0 Å². The number of hydrogen-bond donors (Lipinski definition) is 4. The number of hydrogen-bond acceptors (Lipinski definition) is 6. The molecule has 0 aliphatic carbocycles. The first-order valence-electron chi connectivity index (χ1n) is 18.3. The molecule has 2 atom stereocenters. The maximum absolute atomic E-state index is 14.1. The van der Waals surface area contributed by atoms with Crippen LogP contribution in [0.25, 0.3) is 0 Å². The average molecular weight is 723 g/mol. The number of aromatic nitrogens is 2. The van der Waals surface area contributed by atoms with Crippen molar-refractivity contribution in [2.75, 3.05) is 32.7 Å². The van der Waals surface area contributed by atoms with E-state index in [1.54, 1.807) is 36.5 Å². The minimum atomic E-state index is -1.17. The summed E-state index contributed by atoms with van der Waals surface area (Å²) in [4.78, 5) is 62.7.